The highest BCUT2D eigenvalue weighted by molar-refractivity contribution is 4.69. The lowest BCUT2D eigenvalue weighted by atomic mass is 9.93. The maximum Gasteiger partial charge on any atom is 0.0622 e. The van der Waals surface area contributed by atoms with E-state index in [4.69, 9.17) is 15.6 Å². The Balaban J connectivity index is 3.54. The highest BCUT2D eigenvalue weighted by Crippen LogP contribution is 2.21. The van der Waals surface area contributed by atoms with Gasteiger partial charge in [-0.3, -0.25) is 0 Å². The fourth-order valence-corrected chi connectivity index (χ4v) is 1.71. The first-order chi connectivity index (χ1) is 7.41. The lowest BCUT2D eigenvalue weighted by Gasteiger charge is -2.23. The predicted molar refractivity (Wildman–Crippen MR) is 68.4 cm³/mol. The van der Waals surface area contributed by atoms with E-state index in [1.165, 1.54) is 12.8 Å². The van der Waals surface area contributed by atoms with E-state index < -0.39 is 0 Å². The summed E-state index contributed by atoms with van der Waals surface area (Å²) in [6, 6.07) is -0.0436. The second-order valence-corrected chi connectivity index (χ2v) is 5.48. The number of ether oxygens (including phenoxy) is 1. The van der Waals surface area contributed by atoms with Gasteiger partial charge in [-0.1, -0.05) is 19.8 Å². The standard InChI is InChI=1S/C13H29NO2/c1-11(7-8-12(14)10-15)6-5-9-13(2,3)16-4/h11-12,15H,5-10,14H2,1-4H3. The number of hydrogen-bond acceptors (Lipinski definition) is 3. The Morgan fingerprint density at radius 2 is 1.88 bits per heavy atom. The Morgan fingerprint density at radius 3 is 2.38 bits per heavy atom. The normalized spacial score (nSPS) is 16.1. The predicted octanol–water partition coefficient (Wildman–Crippen LogP) is 2.32. The Labute approximate surface area is 100 Å². The third-order valence-corrected chi connectivity index (χ3v) is 3.29. The van der Waals surface area contributed by atoms with Crippen molar-refractivity contribution in [3.63, 3.8) is 0 Å². The highest BCUT2D eigenvalue weighted by Gasteiger charge is 2.16. The number of methoxy groups -OCH3 is 1. The Hall–Kier alpha value is -0.120. The maximum absolute atomic E-state index is 8.82. The molecule has 0 spiro atoms. The molecule has 0 fully saturated rings. The van der Waals surface area contributed by atoms with E-state index in [2.05, 4.69) is 20.8 Å². The summed E-state index contributed by atoms with van der Waals surface area (Å²) >= 11 is 0. The molecule has 3 nitrogen and oxygen atoms in total. The van der Waals surface area contributed by atoms with Crippen molar-refractivity contribution in [1.82, 2.24) is 0 Å². The molecule has 0 radical (unpaired) electrons. The van der Waals surface area contributed by atoms with Gasteiger partial charge >= 0.3 is 0 Å². The monoisotopic (exact) mass is 231 g/mol. The molecule has 2 unspecified atom stereocenters. The van der Waals surface area contributed by atoms with Crippen molar-refractivity contribution in [1.29, 1.82) is 0 Å². The molecule has 0 saturated carbocycles. The van der Waals surface area contributed by atoms with Crippen LogP contribution in [0.25, 0.3) is 0 Å². The van der Waals surface area contributed by atoms with Crippen LogP contribution in [0.2, 0.25) is 0 Å². The van der Waals surface area contributed by atoms with E-state index >= 15 is 0 Å². The Bertz CT molecular complexity index is 171. The molecular weight excluding hydrogens is 202 g/mol. The molecule has 0 amide bonds. The molecule has 0 aromatic carbocycles. The van der Waals surface area contributed by atoms with Crippen molar-refractivity contribution in [3.05, 3.63) is 0 Å². The molecule has 0 heterocycles. The van der Waals surface area contributed by atoms with Gasteiger partial charge in [0.2, 0.25) is 0 Å². The first-order valence-corrected chi connectivity index (χ1v) is 6.33. The van der Waals surface area contributed by atoms with Gasteiger partial charge < -0.3 is 15.6 Å². The smallest absolute Gasteiger partial charge is 0.0622 e. The number of aliphatic hydroxyl groups excluding tert-OH is 1. The molecule has 98 valence electrons. The summed E-state index contributed by atoms with van der Waals surface area (Å²) in [6.45, 7) is 6.60. The van der Waals surface area contributed by atoms with Gasteiger partial charge in [-0.2, -0.15) is 0 Å². The molecule has 0 aliphatic carbocycles. The van der Waals surface area contributed by atoms with E-state index in [1.54, 1.807) is 7.11 Å². The molecule has 16 heavy (non-hydrogen) atoms. The molecular formula is C13H29NO2. The quantitative estimate of drug-likeness (QED) is 0.640. The van der Waals surface area contributed by atoms with Crippen LogP contribution in [0, 0.1) is 5.92 Å². The highest BCUT2D eigenvalue weighted by atomic mass is 16.5. The topological polar surface area (TPSA) is 55.5 Å². The van der Waals surface area contributed by atoms with Gasteiger partial charge in [0.1, 0.15) is 0 Å². The first kappa shape index (κ1) is 15.9. The minimum Gasteiger partial charge on any atom is -0.395 e. The number of aliphatic hydroxyl groups is 1. The van der Waals surface area contributed by atoms with E-state index in [-0.39, 0.29) is 18.2 Å². The third kappa shape index (κ3) is 8.08. The average molecular weight is 231 g/mol. The fraction of sp³-hybridized carbons (Fsp3) is 1.00. The van der Waals surface area contributed by atoms with Gasteiger partial charge in [0.25, 0.3) is 0 Å². The van der Waals surface area contributed by atoms with E-state index in [1.807, 2.05) is 0 Å². The van der Waals surface area contributed by atoms with Crippen LogP contribution < -0.4 is 5.73 Å². The summed E-state index contributed by atoms with van der Waals surface area (Å²) in [5, 5.41) is 8.82. The summed E-state index contributed by atoms with van der Waals surface area (Å²) in [7, 11) is 1.77. The summed E-state index contributed by atoms with van der Waals surface area (Å²) in [6.07, 6.45) is 5.53. The molecule has 0 bridgehead atoms. The number of hydrogen-bond donors (Lipinski definition) is 2. The molecule has 3 heteroatoms. The van der Waals surface area contributed by atoms with E-state index in [0.717, 1.165) is 19.3 Å². The SMILES string of the molecule is COC(C)(C)CCCC(C)CCC(N)CO. The van der Waals surface area contributed by atoms with Gasteiger partial charge in [-0.05, 0) is 39.0 Å². The Kier molecular flexibility index (Phi) is 7.98. The summed E-state index contributed by atoms with van der Waals surface area (Å²) < 4.78 is 5.38. The lowest BCUT2D eigenvalue weighted by molar-refractivity contribution is 0.0127. The lowest BCUT2D eigenvalue weighted by Crippen LogP contribution is -2.25. The van der Waals surface area contributed by atoms with Crippen molar-refractivity contribution < 1.29 is 9.84 Å². The molecule has 0 aromatic heterocycles. The number of rotatable bonds is 9. The van der Waals surface area contributed by atoms with Gasteiger partial charge in [0.15, 0.2) is 0 Å². The fourth-order valence-electron chi connectivity index (χ4n) is 1.71. The zero-order chi connectivity index (χ0) is 12.6. The second-order valence-electron chi connectivity index (χ2n) is 5.48. The first-order valence-electron chi connectivity index (χ1n) is 6.33. The molecule has 3 N–H and O–H groups in total. The van der Waals surface area contributed by atoms with Gasteiger partial charge in [0.05, 0.1) is 12.2 Å². The zero-order valence-corrected chi connectivity index (χ0v) is 11.3. The van der Waals surface area contributed by atoms with Crippen molar-refractivity contribution in [3.8, 4) is 0 Å². The van der Waals surface area contributed by atoms with Crippen LogP contribution in [0.4, 0.5) is 0 Å². The van der Waals surface area contributed by atoms with E-state index in [0.29, 0.717) is 5.92 Å². The largest absolute Gasteiger partial charge is 0.395 e. The van der Waals surface area contributed by atoms with Crippen LogP contribution in [0.1, 0.15) is 52.9 Å². The molecule has 0 aliphatic heterocycles. The molecule has 2 atom stereocenters. The van der Waals surface area contributed by atoms with Crippen molar-refractivity contribution in [2.24, 2.45) is 11.7 Å². The van der Waals surface area contributed by atoms with E-state index in [9.17, 15) is 0 Å². The zero-order valence-electron chi connectivity index (χ0n) is 11.3. The summed E-state index contributed by atoms with van der Waals surface area (Å²) in [4.78, 5) is 0. The second kappa shape index (κ2) is 8.04. The minimum atomic E-state index is -0.0436. The van der Waals surface area contributed by atoms with Gasteiger partial charge in [-0.15, -0.1) is 0 Å². The molecule has 0 aromatic rings. The van der Waals surface area contributed by atoms with Crippen LogP contribution in [0.15, 0.2) is 0 Å². The van der Waals surface area contributed by atoms with Crippen LogP contribution in [-0.4, -0.2) is 30.5 Å². The van der Waals surface area contributed by atoms with Crippen molar-refractivity contribution in [2.45, 2.75) is 64.5 Å². The molecule has 0 rings (SSSR count). The molecule has 0 aliphatic rings. The Morgan fingerprint density at radius 1 is 1.25 bits per heavy atom. The number of nitrogens with two attached hydrogens (primary N) is 1. The van der Waals surface area contributed by atoms with Gasteiger partial charge in [-0.25, -0.2) is 0 Å². The van der Waals surface area contributed by atoms with Crippen LogP contribution in [0.5, 0.6) is 0 Å². The van der Waals surface area contributed by atoms with Gasteiger partial charge in [0, 0.05) is 13.2 Å². The minimum absolute atomic E-state index is 0.00121. The average Bonchev–Trinajstić information content (AvgIpc) is 2.25. The van der Waals surface area contributed by atoms with Crippen LogP contribution in [-0.2, 0) is 4.74 Å². The van der Waals surface area contributed by atoms with Crippen molar-refractivity contribution in [2.75, 3.05) is 13.7 Å². The van der Waals surface area contributed by atoms with Crippen molar-refractivity contribution >= 4 is 0 Å². The summed E-state index contributed by atoms with van der Waals surface area (Å²) in [5.41, 5.74) is 5.67. The maximum atomic E-state index is 8.82. The molecule has 0 saturated heterocycles. The summed E-state index contributed by atoms with van der Waals surface area (Å²) in [5.74, 6) is 0.685. The third-order valence-electron chi connectivity index (χ3n) is 3.29. The van der Waals surface area contributed by atoms with Crippen LogP contribution >= 0.6 is 0 Å². The van der Waals surface area contributed by atoms with Crippen LogP contribution in [0.3, 0.4) is 0 Å².